The number of anilines is 1. The van der Waals surface area contributed by atoms with Crippen LogP contribution in [0.1, 0.15) is 23.6 Å². The number of nitrogens with one attached hydrogen (secondary N) is 1. The average Bonchev–Trinajstić information content (AvgIpc) is 3.19. The van der Waals surface area contributed by atoms with Crippen molar-refractivity contribution in [1.82, 2.24) is 4.90 Å². The molecule has 0 bridgehead atoms. The molecule has 11 heteroatoms. The van der Waals surface area contributed by atoms with Crippen molar-refractivity contribution >= 4 is 68.1 Å². The minimum Gasteiger partial charge on any atom is -0.492 e. The lowest BCUT2D eigenvalue weighted by molar-refractivity contribution is -0.123. The van der Waals surface area contributed by atoms with E-state index in [-0.39, 0.29) is 35.8 Å². The van der Waals surface area contributed by atoms with Crippen LogP contribution in [0.4, 0.5) is 10.5 Å². The standard InChI is InChI=1S/C30H28BrClN2O6S/c1-4-38-25-14-20(13-23(31)28(25)40-17-27(35)33-21-8-7-19(3)24(32)16-21)15-26-29(36)34(30(37)41-26)11-12-39-22-9-5-18(2)6-10-22/h5-10,13-16H,4,11-12,17H2,1-3H3,(H,33,35)/b26-15-. The molecule has 1 saturated heterocycles. The number of rotatable bonds is 11. The Morgan fingerprint density at radius 2 is 1.80 bits per heavy atom. The SMILES string of the molecule is CCOc1cc(/C=C2\SC(=O)N(CCOc3ccc(C)cc3)C2=O)cc(Br)c1OCC(=O)Nc1ccc(C)c(Cl)c1. The van der Waals surface area contributed by atoms with Gasteiger partial charge in [0.15, 0.2) is 18.1 Å². The molecule has 3 aromatic rings. The Morgan fingerprint density at radius 1 is 1.05 bits per heavy atom. The maximum absolute atomic E-state index is 13.0. The number of aryl methyl sites for hydroxylation is 2. The molecule has 0 unspecified atom stereocenters. The molecule has 1 aliphatic heterocycles. The van der Waals surface area contributed by atoms with Crippen molar-refractivity contribution < 1.29 is 28.6 Å². The number of hydrogen-bond acceptors (Lipinski definition) is 7. The van der Waals surface area contributed by atoms with Crippen LogP contribution in [0.25, 0.3) is 6.08 Å². The predicted molar refractivity (Wildman–Crippen MR) is 165 cm³/mol. The van der Waals surface area contributed by atoms with Crippen LogP contribution in [-0.4, -0.2) is 48.3 Å². The van der Waals surface area contributed by atoms with Gasteiger partial charge in [-0.3, -0.25) is 19.3 Å². The zero-order valence-electron chi connectivity index (χ0n) is 22.7. The summed E-state index contributed by atoms with van der Waals surface area (Å²) in [7, 11) is 0. The van der Waals surface area contributed by atoms with Crippen molar-refractivity contribution in [3.05, 3.63) is 85.7 Å². The van der Waals surface area contributed by atoms with Crippen molar-refractivity contribution in [2.45, 2.75) is 20.8 Å². The minimum absolute atomic E-state index is 0.132. The van der Waals surface area contributed by atoms with Gasteiger partial charge in [-0.05, 0) is 102 Å². The molecular weight excluding hydrogens is 632 g/mol. The first-order valence-corrected chi connectivity index (χ1v) is 14.7. The minimum atomic E-state index is -0.394. The van der Waals surface area contributed by atoms with E-state index in [4.69, 9.17) is 25.8 Å². The third kappa shape index (κ3) is 8.06. The molecule has 0 radical (unpaired) electrons. The van der Waals surface area contributed by atoms with Gasteiger partial charge in [-0.2, -0.15) is 0 Å². The van der Waals surface area contributed by atoms with Crippen LogP contribution >= 0.6 is 39.3 Å². The van der Waals surface area contributed by atoms with Crippen molar-refractivity contribution in [1.29, 1.82) is 0 Å². The zero-order chi connectivity index (χ0) is 29.5. The second-order valence-electron chi connectivity index (χ2n) is 9.06. The van der Waals surface area contributed by atoms with E-state index in [0.29, 0.717) is 44.6 Å². The van der Waals surface area contributed by atoms with E-state index < -0.39 is 5.91 Å². The van der Waals surface area contributed by atoms with Crippen LogP contribution in [-0.2, 0) is 9.59 Å². The molecule has 0 aromatic heterocycles. The van der Waals surface area contributed by atoms with E-state index in [2.05, 4.69) is 21.2 Å². The summed E-state index contributed by atoms with van der Waals surface area (Å²) in [4.78, 5) is 39.5. The van der Waals surface area contributed by atoms with Gasteiger partial charge in [0.1, 0.15) is 12.4 Å². The van der Waals surface area contributed by atoms with E-state index in [0.717, 1.165) is 22.9 Å². The molecule has 0 aliphatic carbocycles. The first kappa shape index (κ1) is 30.5. The largest absolute Gasteiger partial charge is 0.492 e. The van der Waals surface area contributed by atoms with Gasteiger partial charge in [0.2, 0.25) is 0 Å². The summed E-state index contributed by atoms with van der Waals surface area (Å²) in [6, 6.07) is 16.2. The number of hydrogen-bond donors (Lipinski definition) is 1. The maximum Gasteiger partial charge on any atom is 0.293 e. The van der Waals surface area contributed by atoms with E-state index in [1.165, 1.54) is 4.90 Å². The Labute approximate surface area is 256 Å². The summed E-state index contributed by atoms with van der Waals surface area (Å²) in [6.45, 7) is 6.07. The highest BCUT2D eigenvalue weighted by molar-refractivity contribution is 9.10. The molecular formula is C30H28BrClN2O6S. The Hall–Kier alpha value is -3.47. The summed E-state index contributed by atoms with van der Waals surface area (Å²) in [5.74, 6) is 0.622. The quantitative estimate of drug-likeness (QED) is 0.217. The number of ether oxygens (including phenoxy) is 3. The number of imide groups is 1. The zero-order valence-corrected chi connectivity index (χ0v) is 25.8. The Balaban J connectivity index is 1.41. The smallest absolute Gasteiger partial charge is 0.293 e. The molecule has 41 heavy (non-hydrogen) atoms. The second kappa shape index (κ2) is 13.9. The topological polar surface area (TPSA) is 94.2 Å². The van der Waals surface area contributed by atoms with Crippen molar-refractivity contribution in [2.24, 2.45) is 0 Å². The van der Waals surface area contributed by atoms with Crippen LogP contribution in [0.2, 0.25) is 5.02 Å². The first-order chi connectivity index (χ1) is 19.6. The fourth-order valence-corrected chi connectivity index (χ4v) is 5.43. The summed E-state index contributed by atoms with van der Waals surface area (Å²) in [6.07, 6.45) is 1.62. The third-order valence-corrected chi connectivity index (χ3v) is 7.81. The van der Waals surface area contributed by atoms with Gasteiger partial charge in [-0.1, -0.05) is 35.4 Å². The molecule has 1 N–H and O–H groups in total. The van der Waals surface area contributed by atoms with Crippen molar-refractivity contribution in [3.63, 3.8) is 0 Å². The number of nitrogens with zero attached hydrogens (tertiary/aromatic N) is 1. The molecule has 1 fully saturated rings. The fraction of sp³-hybridized carbons (Fsp3) is 0.233. The van der Waals surface area contributed by atoms with Crippen LogP contribution in [0.3, 0.4) is 0 Å². The van der Waals surface area contributed by atoms with Crippen LogP contribution < -0.4 is 19.5 Å². The van der Waals surface area contributed by atoms with E-state index in [9.17, 15) is 14.4 Å². The van der Waals surface area contributed by atoms with E-state index in [1.807, 2.05) is 51.1 Å². The molecule has 4 rings (SSSR count). The molecule has 0 spiro atoms. The summed E-state index contributed by atoms with van der Waals surface area (Å²) >= 11 is 10.5. The van der Waals surface area contributed by atoms with Gasteiger partial charge < -0.3 is 19.5 Å². The highest BCUT2D eigenvalue weighted by Crippen LogP contribution is 2.39. The Morgan fingerprint density at radius 3 is 2.51 bits per heavy atom. The van der Waals surface area contributed by atoms with Gasteiger partial charge in [-0.25, -0.2) is 0 Å². The summed E-state index contributed by atoms with van der Waals surface area (Å²) in [5.41, 5.74) is 3.20. The normalized spacial score (nSPS) is 14.0. The molecule has 1 heterocycles. The third-order valence-electron chi connectivity index (χ3n) is 5.91. The molecule has 1 aliphatic rings. The molecule has 0 saturated carbocycles. The highest BCUT2D eigenvalue weighted by Gasteiger charge is 2.35. The van der Waals surface area contributed by atoms with Gasteiger partial charge in [0.05, 0.1) is 22.5 Å². The molecule has 3 amide bonds. The molecule has 3 aromatic carbocycles. The van der Waals surface area contributed by atoms with E-state index >= 15 is 0 Å². The highest BCUT2D eigenvalue weighted by atomic mass is 79.9. The lowest BCUT2D eigenvalue weighted by Crippen LogP contribution is -2.32. The summed E-state index contributed by atoms with van der Waals surface area (Å²) in [5, 5.41) is 2.94. The number of halogens is 2. The molecule has 214 valence electrons. The van der Waals surface area contributed by atoms with Crippen molar-refractivity contribution in [3.8, 4) is 17.2 Å². The molecule has 0 atom stereocenters. The predicted octanol–water partition coefficient (Wildman–Crippen LogP) is 7.25. The number of thioether (sulfide) groups is 1. The average molecular weight is 660 g/mol. The van der Waals surface area contributed by atoms with Crippen molar-refractivity contribution in [2.75, 3.05) is 31.7 Å². The summed E-state index contributed by atoms with van der Waals surface area (Å²) < 4.78 is 17.7. The Bertz CT molecular complexity index is 1500. The number of benzene rings is 3. The first-order valence-electron chi connectivity index (χ1n) is 12.7. The van der Waals surface area contributed by atoms with Crippen LogP contribution in [0.5, 0.6) is 17.2 Å². The monoisotopic (exact) mass is 658 g/mol. The molecule has 8 nitrogen and oxygen atoms in total. The van der Waals surface area contributed by atoms with Gasteiger partial charge in [0, 0.05) is 10.7 Å². The fourth-order valence-electron chi connectivity index (χ4n) is 3.81. The lowest BCUT2D eigenvalue weighted by atomic mass is 10.2. The number of carbonyl (C=O) groups excluding carboxylic acids is 3. The number of amides is 3. The number of carbonyl (C=O) groups is 3. The van der Waals surface area contributed by atoms with E-state index in [1.54, 1.807) is 30.3 Å². The van der Waals surface area contributed by atoms with Crippen LogP contribution in [0.15, 0.2) is 64.0 Å². The van der Waals surface area contributed by atoms with Crippen LogP contribution in [0, 0.1) is 13.8 Å². The van der Waals surface area contributed by atoms with Gasteiger partial charge in [0.25, 0.3) is 17.1 Å². The Kier molecular flexibility index (Phi) is 10.4. The van der Waals surface area contributed by atoms with Gasteiger partial charge >= 0.3 is 0 Å². The second-order valence-corrected chi connectivity index (χ2v) is 11.3. The van der Waals surface area contributed by atoms with Gasteiger partial charge in [-0.15, -0.1) is 0 Å². The maximum atomic E-state index is 13.0. The lowest BCUT2D eigenvalue weighted by Gasteiger charge is -2.15.